The predicted molar refractivity (Wildman–Crippen MR) is 81.5 cm³/mol. The Morgan fingerprint density at radius 1 is 1.20 bits per heavy atom. The van der Waals surface area contributed by atoms with Gasteiger partial charge in [0.2, 0.25) is 0 Å². The molecule has 2 aromatic carbocycles. The molecular formula is C15H15ClN2O2. The van der Waals surface area contributed by atoms with Crippen molar-refractivity contribution in [3.8, 4) is 0 Å². The van der Waals surface area contributed by atoms with Crippen LogP contribution in [-0.4, -0.2) is 12.6 Å². The summed E-state index contributed by atoms with van der Waals surface area (Å²) in [5.41, 5.74) is 8.16. The summed E-state index contributed by atoms with van der Waals surface area (Å²) >= 11 is 5.83. The molecule has 0 unspecified atom stereocenters. The minimum Gasteiger partial charge on any atom is -0.462 e. The van der Waals surface area contributed by atoms with Crippen LogP contribution >= 0.6 is 11.6 Å². The fraction of sp³-hybridized carbons (Fsp3) is 0.133. The van der Waals surface area contributed by atoms with Crippen LogP contribution in [0.3, 0.4) is 0 Å². The minimum atomic E-state index is -0.426. The maximum absolute atomic E-state index is 11.8. The summed E-state index contributed by atoms with van der Waals surface area (Å²) in [7, 11) is 0. The number of nitrogens with one attached hydrogen (secondary N) is 1. The van der Waals surface area contributed by atoms with Crippen molar-refractivity contribution in [1.82, 2.24) is 0 Å². The first-order chi connectivity index (χ1) is 9.60. The van der Waals surface area contributed by atoms with Gasteiger partial charge in [0.05, 0.1) is 12.2 Å². The first kappa shape index (κ1) is 14.2. The molecule has 0 atom stereocenters. The second kappa shape index (κ2) is 6.30. The van der Waals surface area contributed by atoms with E-state index in [4.69, 9.17) is 22.1 Å². The average molecular weight is 291 g/mol. The Bertz CT molecular complexity index is 612. The SMILES string of the molecule is CCOC(=O)c1cc(Nc2ccc(Cl)cc2)ccc1N. The van der Waals surface area contributed by atoms with Gasteiger partial charge in [-0.1, -0.05) is 11.6 Å². The Kier molecular flexibility index (Phi) is 4.48. The van der Waals surface area contributed by atoms with Gasteiger partial charge in [0.15, 0.2) is 0 Å². The van der Waals surface area contributed by atoms with E-state index in [1.54, 1.807) is 37.3 Å². The second-order valence-electron chi connectivity index (χ2n) is 4.15. The van der Waals surface area contributed by atoms with Gasteiger partial charge in [-0.2, -0.15) is 0 Å². The Morgan fingerprint density at radius 2 is 1.85 bits per heavy atom. The van der Waals surface area contributed by atoms with E-state index >= 15 is 0 Å². The molecule has 0 aromatic heterocycles. The molecule has 0 heterocycles. The molecule has 0 bridgehead atoms. The number of rotatable bonds is 4. The monoisotopic (exact) mass is 290 g/mol. The van der Waals surface area contributed by atoms with E-state index in [9.17, 15) is 4.79 Å². The van der Waals surface area contributed by atoms with Gasteiger partial charge in [-0.25, -0.2) is 4.79 Å². The number of nitrogens with two attached hydrogens (primary N) is 1. The lowest BCUT2D eigenvalue weighted by Gasteiger charge is -2.10. The largest absolute Gasteiger partial charge is 0.462 e. The molecule has 0 aliphatic heterocycles. The summed E-state index contributed by atoms with van der Waals surface area (Å²) in [6.07, 6.45) is 0. The number of carbonyl (C=O) groups is 1. The molecule has 5 heteroatoms. The molecular weight excluding hydrogens is 276 g/mol. The number of nitrogen functional groups attached to an aromatic ring is 1. The lowest BCUT2D eigenvalue weighted by Crippen LogP contribution is -2.08. The van der Waals surface area contributed by atoms with Crippen LogP contribution in [0.5, 0.6) is 0 Å². The normalized spacial score (nSPS) is 10.1. The number of halogens is 1. The maximum Gasteiger partial charge on any atom is 0.340 e. The fourth-order valence-corrected chi connectivity index (χ4v) is 1.85. The van der Waals surface area contributed by atoms with Crippen molar-refractivity contribution in [3.05, 3.63) is 53.1 Å². The standard InChI is InChI=1S/C15H15ClN2O2/c1-2-20-15(19)13-9-12(7-8-14(13)17)18-11-5-3-10(16)4-6-11/h3-9,18H,2,17H2,1H3. The number of esters is 1. The van der Waals surface area contributed by atoms with Crippen LogP contribution in [0.4, 0.5) is 17.1 Å². The van der Waals surface area contributed by atoms with Crippen molar-refractivity contribution in [1.29, 1.82) is 0 Å². The number of anilines is 3. The zero-order valence-electron chi connectivity index (χ0n) is 11.0. The van der Waals surface area contributed by atoms with Crippen molar-refractivity contribution >= 4 is 34.6 Å². The van der Waals surface area contributed by atoms with Gasteiger partial charge >= 0.3 is 5.97 Å². The van der Waals surface area contributed by atoms with E-state index in [-0.39, 0.29) is 0 Å². The lowest BCUT2D eigenvalue weighted by molar-refractivity contribution is 0.0527. The van der Waals surface area contributed by atoms with Crippen molar-refractivity contribution in [2.24, 2.45) is 0 Å². The van der Waals surface area contributed by atoms with Crippen LogP contribution in [0.2, 0.25) is 5.02 Å². The van der Waals surface area contributed by atoms with Crippen molar-refractivity contribution in [2.75, 3.05) is 17.7 Å². The Balaban J connectivity index is 2.22. The van der Waals surface area contributed by atoms with Gasteiger partial charge in [0, 0.05) is 22.1 Å². The molecule has 0 saturated heterocycles. The molecule has 104 valence electrons. The van der Waals surface area contributed by atoms with Crippen molar-refractivity contribution < 1.29 is 9.53 Å². The zero-order valence-corrected chi connectivity index (χ0v) is 11.8. The number of hydrogen-bond acceptors (Lipinski definition) is 4. The molecule has 2 aromatic rings. The Hall–Kier alpha value is -2.20. The first-order valence-electron chi connectivity index (χ1n) is 6.19. The second-order valence-corrected chi connectivity index (χ2v) is 4.59. The van der Waals surface area contributed by atoms with E-state index in [2.05, 4.69) is 5.32 Å². The lowest BCUT2D eigenvalue weighted by atomic mass is 10.1. The summed E-state index contributed by atoms with van der Waals surface area (Å²) in [4.78, 5) is 11.8. The molecule has 20 heavy (non-hydrogen) atoms. The highest BCUT2D eigenvalue weighted by molar-refractivity contribution is 6.30. The van der Waals surface area contributed by atoms with Gasteiger partial charge in [0.25, 0.3) is 0 Å². The van der Waals surface area contributed by atoms with Gasteiger partial charge < -0.3 is 15.8 Å². The van der Waals surface area contributed by atoms with Gasteiger partial charge in [-0.15, -0.1) is 0 Å². The van der Waals surface area contributed by atoms with Gasteiger partial charge in [-0.3, -0.25) is 0 Å². The molecule has 0 radical (unpaired) electrons. The topological polar surface area (TPSA) is 64.3 Å². The van der Waals surface area contributed by atoms with Crippen LogP contribution in [-0.2, 0) is 4.74 Å². The van der Waals surface area contributed by atoms with Gasteiger partial charge in [-0.05, 0) is 49.4 Å². The number of hydrogen-bond donors (Lipinski definition) is 2. The Labute approximate surface area is 122 Å². The highest BCUT2D eigenvalue weighted by Crippen LogP contribution is 2.23. The molecule has 0 fully saturated rings. The predicted octanol–water partition coefficient (Wildman–Crippen LogP) is 3.84. The fourth-order valence-electron chi connectivity index (χ4n) is 1.72. The van der Waals surface area contributed by atoms with Crippen LogP contribution in [0, 0.1) is 0 Å². The van der Waals surface area contributed by atoms with Crippen LogP contribution in [0.15, 0.2) is 42.5 Å². The summed E-state index contributed by atoms with van der Waals surface area (Å²) in [5, 5.41) is 3.84. The average Bonchev–Trinajstić information content (AvgIpc) is 2.43. The molecule has 0 saturated carbocycles. The van der Waals surface area contributed by atoms with E-state index in [0.29, 0.717) is 22.9 Å². The summed E-state index contributed by atoms with van der Waals surface area (Å²) in [6, 6.07) is 12.4. The van der Waals surface area contributed by atoms with Crippen molar-refractivity contribution in [2.45, 2.75) is 6.92 Å². The number of benzene rings is 2. The third-order valence-electron chi connectivity index (χ3n) is 2.68. The molecule has 0 aliphatic carbocycles. The number of carbonyl (C=O) groups excluding carboxylic acids is 1. The molecule has 4 nitrogen and oxygen atoms in total. The van der Waals surface area contributed by atoms with E-state index in [1.807, 2.05) is 12.1 Å². The quantitative estimate of drug-likeness (QED) is 0.663. The minimum absolute atomic E-state index is 0.313. The van der Waals surface area contributed by atoms with E-state index in [1.165, 1.54) is 0 Å². The molecule has 0 amide bonds. The Morgan fingerprint density at radius 3 is 2.50 bits per heavy atom. The van der Waals surface area contributed by atoms with Crippen LogP contribution in [0.25, 0.3) is 0 Å². The first-order valence-corrected chi connectivity index (χ1v) is 6.57. The maximum atomic E-state index is 11.8. The van der Waals surface area contributed by atoms with Crippen LogP contribution < -0.4 is 11.1 Å². The van der Waals surface area contributed by atoms with Crippen LogP contribution in [0.1, 0.15) is 17.3 Å². The van der Waals surface area contributed by atoms with Crippen molar-refractivity contribution in [3.63, 3.8) is 0 Å². The highest BCUT2D eigenvalue weighted by atomic mass is 35.5. The van der Waals surface area contributed by atoms with E-state index < -0.39 is 5.97 Å². The van der Waals surface area contributed by atoms with E-state index in [0.717, 1.165) is 11.4 Å². The third kappa shape index (κ3) is 3.42. The summed E-state index contributed by atoms with van der Waals surface area (Å²) < 4.78 is 4.97. The molecule has 2 rings (SSSR count). The summed E-state index contributed by atoms with van der Waals surface area (Å²) in [6.45, 7) is 2.07. The zero-order chi connectivity index (χ0) is 14.5. The highest BCUT2D eigenvalue weighted by Gasteiger charge is 2.11. The molecule has 0 aliphatic rings. The smallest absolute Gasteiger partial charge is 0.340 e. The number of ether oxygens (including phenoxy) is 1. The summed E-state index contributed by atoms with van der Waals surface area (Å²) in [5.74, 6) is -0.426. The third-order valence-corrected chi connectivity index (χ3v) is 2.93. The molecule has 3 N–H and O–H groups in total. The molecule has 0 spiro atoms. The van der Waals surface area contributed by atoms with Gasteiger partial charge in [0.1, 0.15) is 0 Å².